The van der Waals surface area contributed by atoms with Gasteiger partial charge < -0.3 is 9.64 Å². The minimum Gasteiger partial charge on any atom is -0.466 e. The van der Waals surface area contributed by atoms with E-state index in [4.69, 9.17) is 17.0 Å². The molecule has 35 heavy (non-hydrogen) atoms. The number of carbonyl (C=O) groups excluding carboxylic acids is 2. The Morgan fingerprint density at radius 1 is 1.31 bits per heavy atom. The van der Waals surface area contributed by atoms with Crippen LogP contribution in [0.4, 0.5) is 5.82 Å². The maximum absolute atomic E-state index is 13.2. The number of hydrogen-bond acceptors (Lipinski definition) is 8. The average molecular weight is 517 g/mol. The first kappa shape index (κ1) is 27.0. The Morgan fingerprint density at radius 2 is 2.06 bits per heavy atom. The summed E-state index contributed by atoms with van der Waals surface area (Å²) in [6, 6.07) is 2.05. The smallest absolute Gasteiger partial charge is 0.310 e. The van der Waals surface area contributed by atoms with Crippen molar-refractivity contribution in [3.8, 4) is 6.07 Å². The topological polar surface area (TPSA) is 95.6 Å². The Labute approximate surface area is 215 Å². The van der Waals surface area contributed by atoms with E-state index in [1.165, 1.54) is 11.8 Å². The summed E-state index contributed by atoms with van der Waals surface area (Å²) >= 11 is 6.70. The molecular formula is C25H32N4O4S2. The number of anilines is 1. The van der Waals surface area contributed by atoms with Crippen molar-refractivity contribution in [2.45, 2.75) is 59.9 Å². The fourth-order valence-corrected chi connectivity index (χ4v) is 5.83. The number of ether oxygens (including phenoxy) is 1. The van der Waals surface area contributed by atoms with Gasteiger partial charge in [-0.15, -0.1) is 0 Å². The number of hydrogen-bond donors (Lipinski definition) is 0. The number of rotatable bonds is 8. The molecule has 0 aromatic carbocycles. The lowest BCUT2D eigenvalue weighted by molar-refractivity contribution is -0.148. The van der Waals surface area contributed by atoms with E-state index in [-0.39, 0.29) is 28.9 Å². The number of thioether (sulfide) groups is 1. The van der Waals surface area contributed by atoms with E-state index in [9.17, 15) is 19.6 Å². The van der Waals surface area contributed by atoms with Crippen LogP contribution in [-0.4, -0.2) is 51.9 Å². The van der Waals surface area contributed by atoms with E-state index in [0.29, 0.717) is 65.4 Å². The lowest BCUT2D eigenvalue weighted by Crippen LogP contribution is -2.43. The highest BCUT2D eigenvalue weighted by Crippen LogP contribution is 2.37. The molecule has 2 fully saturated rings. The number of nitrogens with zero attached hydrogens (tertiary/aromatic N) is 4. The average Bonchev–Trinajstić information content (AvgIpc) is 3.11. The van der Waals surface area contributed by atoms with Crippen LogP contribution in [0.1, 0.15) is 63.1 Å². The number of piperidine rings is 1. The zero-order valence-electron chi connectivity index (χ0n) is 20.8. The van der Waals surface area contributed by atoms with Crippen LogP contribution >= 0.6 is 24.0 Å². The van der Waals surface area contributed by atoms with E-state index in [1.54, 1.807) is 29.4 Å². The van der Waals surface area contributed by atoms with Crippen molar-refractivity contribution >= 4 is 52.1 Å². The summed E-state index contributed by atoms with van der Waals surface area (Å²) in [4.78, 5) is 43.0. The normalized spacial score (nSPS) is 19.4. The van der Waals surface area contributed by atoms with Crippen LogP contribution in [0.15, 0.2) is 9.70 Å². The van der Waals surface area contributed by atoms with Crippen LogP contribution in [0.5, 0.6) is 0 Å². The van der Waals surface area contributed by atoms with Gasteiger partial charge >= 0.3 is 5.97 Å². The highest BCUT2D eigenvalue weighted by Gasteiger charge is 2.34. The summed E-state index contributed by atoms with van der Waals surface area (Å²) < 4.78 is 7.34. The molecule has 1 aromatic rings. The summed E-state index contributed by atoms with van der Waals surface area (Å²) in [7, 11) is 0. The van der Waals surface area contributed by atoms with Crippen molar-refractivity contribution in [2.75, 3.05) is 31.1 Å². The largest absolute Gasteiger partial charge is 0.466 e. The first-order valence-electron chi connectivity index (χ1n) is 12.1. The monoisotopic (exact) mass is 516 g/mol. The highest BCUT2D eigenvalue weighted by molar-refractivity contribution is 8.26. The molecule has 0 bridgehead atoms. The van der Waals surface area contributed by atoms with Gasteiger partial charge in [0, 0.05) is 31.7 Å². The van der Waals surface area contributed by atoms with Crippen LogP contribution in [-0.2, 0) is 20.9 Å². The molecule has 0 spiro atoms. The fourth-order valence-electron chi connectivity index (χ4n) is 4.54. The molecule has 10 heteroatoms. The second kappa shape index (κ2) is 11.9. The molecule has 3 heterocycles. The van der Waals surface area contributed by atoms with Crippen molar-refractivity contribution in [2.24, 2.45) is 5.92 Å². The minimum atomic E-state index is -0.367. The fraction of sp³-hybridized carbons (Fsp3) is 0.560. The minimum absolute atomic E-state index is 0.0577. The molecule has 0 radical (unpaired) electrons. The molecule has 0 saturated carbocycles. The van der Waals surface area contributed by atoms with Crippen LogP contribution < -0.4 is 10.5 Å². The third kappa shape index (κ3) is 5.46. The maximum Gasteiger partial charge on any atom is 0.310 e. The molecule has 1 atom stereocenters. The molecule has 2 saturated heterocycles. The number of carbonyl (C=O) groups is 2. The van der Waals surface area contributed by atoms with Crippen molar-refractivity contribution in [3.05, 3.63) is 31.9 Å². The summed E-state index contributed by atoms with van der Waals surface area (Å²) in [5.41, 5.74) is 0.855. The quantitative estimate of drug-likeness (QED) is 0.292. The molecule has 1 aromatic heterocycles. The molecule has 0 aliphatic carbocycles. The second-order valence-electron chi connectivity index (χ2n) is 8.62. The van der Waals surface area contributed by atoms with Gasteiger partial charge in [0.25, 0.3) is 11.5 Å². The number of unbranched alkanes of at least 4 members (excludes halogenated alkanes) is 1. The number of nitriles is 1. The molecule has 3 rings (SSSR count). The van der Waals surface area contributed by atoms with Crippen molar-refractivity contribution in [1.82, 2.24) is 9.47 Å². The Bertz CT molecular complexity index is 1150. The molecule has 188 valence electrons. The second-order valence-corrected chi connectivity index (χ2v) is 10.3. The Morgan fingerprint density at radius 3 is 2.69 bits per heavy atom. The lowest BCUT2D eigenvalue weighted by atomic mass is 9.96. The van der Waals surface area contributed by atoms with Crippen molar-refractivity contribution in [3.63, 3.8) is 0 Å². The van der Waals surface area contributed by atoms with Crippen LogP contribution in [0, 0.1) is 24.2 Å². The Kier molecular flexibility index (Phi) is 9.14. The lowest BCUT2D eigenvalue weighted by Gasteiger charge is -2.36. The third-order valence-electron chi connectivity index (χ3n) is 6.39. The van der Waals surface area contributed by atoms with Crippen LogP contribution in [0.2, 0.25) is 0 Å². The van der Waals surface area contributed by atoms with E-state index in [2.05, 4.69) is 13.0 Å². The molecule has 2 aliphatic heterocycles. The molecule has 8 nitrogen and oxygen atoms in total. The van der Waals surface area contributed by atoms with Gasteiger partial charge in [0.1, 0.15) is 21.8 Å². The molecule has 2 aliphatic rings. The Hall–Kier alpha value is -2.64. The van der Waals surface area contributed by atoms with Gasteiger partial charge in [0.05, 0.1) is 17.4 Å². The van der Waals surface area contributed by atoms with Gasteiger partial charge in [-0.05, 0) is 51.7 Å². The van der Waals surface area contributed by atoms with E-state index < -0.39 is 0 Å². The summed E-state index contributed by atoms with van der Waals surface area (Å²) in [5.74, 6) is -0.0807. The van der Waals surface area contributed by atoms with Crippen molar-refractivity contribution < 1.29 is 14.3 Å². The Balaban J connectivity index is 2.14. The molecule has 1 amide bonds. The third-order valence-corrected chi connectivity index (χ3v) is 7.77. The first-order chi connectivity index (χ1) is 16.8. The predicted octanol–water partition coefficient (Wildman–Crippen LogP) is 3.83. The zero-order valence-corrected chi connectivity index (χ0v) is 22.4. The van der Waals surface area contributed by atoms with Gasteiger partial charge in [0.2, 0.25) is 0 Å². The summed E-state index contributed by atoms with van der Waals surface area (Å²) in [6.07, 6.45) is 5.04. The standard InChI is InChI=1S/C25H32N4O4S2/c1-5-8-12-29-23(31)20(35-25(29)34)13-18-16(4)19(14-26)22(30)28(6-2)21(18)27-11-9-10-17(15-27)24(32)33-7-3/h13,17H,5-12,15H2,1-4H3. The van der Waals surface area contributed by atoms with Crippen molar-refractivity contribution in [1.29, 1.82) is 5.26 Å². The van der Waals surface area contributed by atoms with E-state index in [0.717, 1.165) is 19.3 Å². The molecule has 0 N–H and O–H groups in total. The van der Waals surface area contributed by atoms with Gasteiger partial charge in [-0.2, -0.15) is 5.26 Å². The van der Waals surface area contributed by atoms with Gasteiger partial charge in [-0.25, -0.2) is 0 Å². The number of amides is 1. The van der Waals surface area contributed by atoms with Gasteiger partial charge in [-0.1, -0.05) is 37.3 Å². The van der Waals surface area contributed by atoms with E-state index >= 15 is 0 Å². The molecule has 1 unspecified atom stereocenters. The van der Waals surface area contributed by atoms with Gasteiger partial charge in [0.15, 0.2) is 0 Å². The molecular weight excluding hydrogens is 484 g/mol. The SMILES string of the molecule is CCCCN1C(=O)C(=Cc2c(C)c(C#N)c(=O)n(CC)c2N2CCCC(C(=O)OCC)C2)SC1=S. The number of esters is 1. The summed E-state index contributed by atoms with van der Waals surface area (Å²) in [5, 5.41) is 9.75. The summed E-state index contributed by atoms with van der Waals surface area (Å²) in [6.45, 7) is 9.71. The van der Waals surface area contributed by atoms with Crippen LogP contribution in [0.3, 0.4) is 0 Å². The zero-order chi connectivity index (χ0) is 25.7. The number of thiocarbonyl (C=S) groups is 1. The number of pyridine rings is 1. The van der Waals surface area contributed by atoms with Crippen LogP contribution in [0.25, 0.3) is 6.08 Å². The maximum atomic E-state index is 13.2. The first-order valence-corrected chi connectivity index (χ1v) is 13.4. The highest BCUT2D eigenvalue weighted by atomic mass is 32.2. The number of aromatic nitrogens is 1. The predicted molar refractivity (Wildman–Crippen MR) is 142 cm³/mol. The van der Waals surface area contributed by atoms with E-state index in [1.807, 2.05) is 11.8 Å². The van der Waals surface area contributed by atoms with Gasteiger partial charge in [-0.3, -0.25) is 23.9 Å².